The van der Waals surface area contributed by atoms with Gasteiger partial charge in [-0.25, -0.2) is 0 Å². The first-order chi connectivity index (χ1) is 10.6. The van der Waals surface area contributed by atoms with Crippen molar-refractivity contribution >= 4 is 24.2 Å². The van der Waals surface area contributed by atoms with Crippen LogP contribution in [0.2, 0.25) is 0 Å². The quantitative estimate of drug-likeness (QED) is 0.310. The van der Waals surface area contributed by atoms with Gasteiger partial charge in [-0.15, -0.1) is 0 Å². The van der Waals surface area contributed by atoms with Crippen molar-refractivity contribution in [3.8, 4) is 0 Å². The Bertz CT molecular complexity index is 691. The third kappa shape index (κ3) is 2.68. The van der Waals surface area contributed by atoms with E-state index in [0.717, 1.165) is 0 Å². The van der Waals surface area contributed by atoms with Gasteiger partial charge in [-0.05, 0) is 0 Å². The normalized spacial score (nSPS) is 11.2. The molecule has 0 heterocycles. The molecule has 2 aromatic carbocycles. The molecule has 2 aromatic rings. The summed E-state index contributed by atoms with van der Waals surface area (Å²) in [6.45, 7) is 0. The monoisotopic (exact) mass is 409 g/mol. The molecular weight excluding hydrogens is 407 g/mol. The standard InChI is InChI=1S/C12HF10Ge/c13-1-3(15)7(19)11(8(20)4(1)16)23-12-9(21)5(17)2(14)6(18)10(12)22/h23H. The van der Waals surface area contributed by atoms with E-state index >= 15 is 0 Å². The molecule has 23 heavy (non-hydrogen) atoms. The SMILES string of the molecule is Fc1c(F)c(F)[c]([GeH][c]2c(F)c(F)c(F)c(F)c2F)c(F)c1F. The van der Waals surface area contributed by atoms with Gasteiger partial charge in [0, 0.05) is 0 Å². The maximum absolute atomic E-state index is 13.4. The molecule has 0 aliphatic rings. The Balaban J connectivity index is 2.71. The minimum atomic E-state index is -3.45. The van der Waals surface area contributed by atoms with Gasteiger partial charge in [0.25, 0.3) is 0 Å². The molecule has 0 saturated carbocycles. The molecule has 0 aliphatic carbocycles. The fourth-order valence-corrected chi connectivity index (χ4v) is 4.37. The van der Waals surface area contributed by atoms with E-state index < -0.39 is 82.4 Å². The molecule has 0 saturated heterocycles. The minimum absolute atomic E-state index is 1.58. The first kappa shape index (κ1) is 17.6. The van der Waals surface area contributed by atoms with Crippen LogP contribution in [-0.2, 0) is 0 Å². The van der Waals surface area contributed by atoms with Crippen LogP contribution in [0.15, 0.2) is 0 Å². The molecule has 0 bridgehead atoms. The molecule has 0 N–H and O–H groups in total. The molecule has 0 fully saturated rings. The Morgan fingerprint density at radius 3 is 0.696 bits per heavy atom. The molecule has 0 amide bonds. The summed E-state index contributed by atoms with van der Waals surface area (Å²) in [6, 6.07) is 0. The van der Waals surface area contributed by atoms with Crippen molar-refractivity contribution in [3.63, 3.8) is 0 Å². The van der Waals surface area contributed by atoms with Crippen molar-refractivity contribution in [1.29, 1.82) is 0 Å². The molecule has 0 aromatic heterocycles. The Labute approximate surface area is 127 Å². The summed E-state index contributed by atoms with van der Waals surface area (Å²) in [5.41, 5.74) is 0. The van der Waals surface area contributed by atoms with Crippen LogP contribution in [0.4, 0.5) is 43.9 Å². The predicted octanol–water partition coefficient (Wildman–Crippen LogP) is 2.46. The molecule has 0 nitrogen and oxygen atoms in total. The molecule has 123 valence electrons. The van der Waals surface area contributed by atoms with Crippen LogP contribution in [0.3, 0.4) is 0 Å². The van der Waals surface area contributed by atoms with E-state index in [1.54, 1.807) is 0 Å². The third-order valence-electron chi connectivity index (χ3n) is 2.78. The Morgan fingerprint density at radius 2 is 0.478 bits per heavy atom. The van der Waals surface area contributed by atoms with Crippen molar-refractivity contribution in [3.05, 3.63) is 58.2 Å². The van der Waals surface area contributed by atoms with E-state index in [9.17, 15) is 43.9 Å². The fraction of sp³-hybridized carbons (Fsp3) is 0. The summed E-state index contributed by atoms with van der Waals surface area (Å²) in [4.78, 5) is 0. The van der Waals surface area contributed by atoms with Gasteiger partial charge in [-0.3, -0.25) is 0 Å². The van der Waals surface area contributed by atoms with Gasteiger partial charge < -0.3 is 0 Å². The predicted molar refractivity (Wildman–Crippen MR) is 58.9 cm³/mol. The van der Waals surface area contributed by atoms with Crippen LogP contribution >= 0.6 is 0 Å². The van der Waals surface area contributed by atoms with E-state index in [0.29, 0.717) is 0 Å². The molecule has 0 unspecified atom stereocenters. The van der Waals surface area contributed by atoms with Crippen LogP contribution < -0.4 is 8.79 Å². The summed E-state index contributed by atoms with van der Waals surface area (Å²) in [5.74, 6) is -24.0. The van der Waals surface area contributed by atoms with Crippen LogP contribution in [-0.4, -0.2) is 15.4 Å². The number of rotatable bonds is 2. The van der Waals surface area contributed by atoms with Gasteiger partial charge in [0.1, 0.15) is 0 Å². The summed E-state index contributed by atoms with van der Waals surface area (Å²) in [7, 11) is 0. The zero-order valence-corrected chi connectivity index (χ0v) is 12.8. The average Bonchev–Trinajstić information content (AvgIpc) is 2.54. The van der Waals surface area contributed by atoms with E-state index in [2.05, 4.69) is 0 Å². The maximum atomic E-state index is 13.4. The van der Waals surface area contributed by atoms with Gasteiger partial charge in [0.15, 0.2) is 0 Å². The third-order valence-corrected chi connectivity index (χ3v) is 6.11. The first-order valence-electron chi connectivity index (χ1n) is 5.47. The molecule has 0 atom stereocenters. The second-order valence-electron chi connectivity index (χ2n) is 4.11. The Morgan fingerprint density at radius 1 is 0.304 bits per heavy atom. The average molecular weight is 408 g/mol. The summed E-state index contributed by atoms with van der Waals surface area (Å²) >= 11 is -3.45. The molecule has 0 spiro atoms. The van der Waals surface area contributed by atoms with Gasteiger partial charge >= 0.3 is 126 Å². The topological polar surface area (TPSA) is 0 Å². The van der Waals surface area contributed by atoms with Gasteiger partial charge in [0.2, 0.25) is 0 Å². The van der Waals surface area contributed by atoms with E-state index in [4.69, 9.17) is 0 Å². The van der Waals surface area contributed by atoms with E-state index in [-0.39, 0.29) is 0 Å². The van der Waals surface area contributed by atoms with Crippen molar-refractivity contribution in [2.24, 2.45) is 0 Å². The Hall–Kier alpha value is -1.72. The van der Waals surface area contributed by atoms with Crippen LogP contribution in [0.25, 0.3) is 0 Å². The Kier molecular flexibility index (Phi) is 4.64. The summed E-state index contributed by atoms with van der Waals surface area (Å²) in [6.07, 6.45) is 0. The van der Waals surface area contributed by atoms with Crippen molar-refractivity contribution in [1.82, 2.24) is 0 Å². The molecule has 0 aliphatic heterocycles. The van der Waals surface area contributed by atoms with Crippen LogP contribution in [0.1, 0.15) is 0 Å². The van der Waals surface area contributed by atoms with Gasteiger partial charge in [-0.2, -0.15) is 0 Å². The molecular formula is C12HF10Ge. The number of halogens is 10. The molecule has 2 rings (SSSR count). The first-order valence-corrected chi connectivity index (χ1v) is 7.89. The summed E-state index contributed by atoms with van der Waals surface area (Å²) in [5, 5.41) is 0. The zero-order valence-electron chi connectivity index (χ0n) is 10.4. The number of hydrogen-bond donors (Lipinski definition) is 0. The van der Waals surface area contributed by atoms with Gasteiger partial charge in [-0.1, -0.05) is 0 Å². The van der Waals surface area contributed by atoms with E-state index in [1.165, 1.54) is 0 Å². The second kappa shape index (κ2) is 6.06. The summed E-state index contributed by atoms with van der Waals surface area (Å²) < 4.78 is 128. The molecule has 11 heteroatoms. The van der Waals surface area contributed by atoms with Crippen molar-refractivity contribution in [2.45, 2.75) is 0 Å². The number of hydrogen-bond acceptors (Lipinski definition) is 0. The number of benzene rings is 2. The molecule has 1 radical (unpaired) electrons. The van der Waals surface area contributed by atoms with E-state index in [1.807, 2.05) is 0 Å². The van der Waals surface area contributed by atoms with Crippen molar-refractivity contribution in [2.75, 3.05) is 0 Å². The zero-order chi connectivity index (χ0) is 17.6. The van der Waals surface area contributed by atoms with Crippen LogP contribution in [0.5, 0.6) is 0 Å². The second-order valence-corrected chi connectivity index (χ2v) is 7.14. The van der Waals surface area contributed by atoms with Gasteiger partial charge in [0.05, 0.1) is 0 Å². The van der Waals surface area contributed by atoms with Crippen LogP contribution in [0, 0.1) is 58.2 Å². The fourth-order valence-electron chi connectivity index (χ4n) is 1.64. The van der Waals surface area contributed by atoms with Crippen molar-refractivity contribution < 1.29 is 43.9 Å².